The van der Waals surface area contributed by atoms with Crippen molar-refractivity contribution in [2.75, 3.05) is 20.1 Å². The number of carbonyl (C=O) groups excluding carboxylic acids is 1. The van der Waals surface area contributed by atoms with Crippen molar-refractivity contribution in [1.29, 1.82) is 0 Å². The number of rotatable bonds is 2. The Morgan fingerprint density at radius 3 is 2.65 bits per heavy atom. The predicted molar refractivity (Wildman–Crippen MR) is 71.3 cm³/mol. The lowest BCUT2D eigenvalue weighted by Gasteiger charge is -2.26. The zero-order valence-electron chi connectivity index (χ0n) is 10.8. The van der Waals surface area contributed by atoms with Crippen LogP contribution in [0.4, 0.5) is 0 Å². The van der Waals surface area contributed by atoms with Gasteiger partial charge in [-0.1, -0.05) is 0 Å². The van der Waals surface area contributed by atoms with Gasteiger partial charge in [0.15, 0.2) is 0 Å². The summed E-state index contributed by atoms with van der Waals surface area (Å²) >= 11 is 0. The molecule has 17 heavy (non-hydrogen) atoms. The van der Waals surface area contributed by atoms with Gasteiger partial charge in [0.1, 0.15) is 0 Å². The Bertz CT molecular complexity index is 272. The summed E-state index contributed by atoms with van der Waals surface area (Å²) < 4.78 is 0. The summed E-state index contributed by atoms with van der Waals surface area (Å²) in [5.41, 5.74) is 5.68. The third-order valence-corrected chi connectivity index (χ3v) is 4.00. The van der Waals surface area contributed by atoms with Gasteiger partial charge in [-0.25, -0.2) is 0 Å². The lowest BCUT2D eigenvalue weighted by Crippen LogP contribution is -2.41. The second-order valence-electron chi connectivity index (χ2n) is 5.36. The highest BCUT2D eigenvalue weighted by atomic mass is 35.5. The number of amides is 1. The van der Waals surface area contributed by atoms with E-state index in [-0.39, 0.29) is 24.4 Å². The first-order chi connectivity index (χ1) is 7.58. The lowest BCUT2D eigenvalue weighted by molar-refractivity contribution is -0.131. The molecule has 100 valence electrons. The molecule has 0 saturated carbocycles. The van der Waals surface area contributed by atoms with Crippen molar-refractivity contribution in [2.45, 2.75) is 50.7 Å². The van der Waals surface area contributed by atoms with Crippen LogP contribution in [0.3, 0.4) is 0 Å². The summed E-state index contributed by atoms with van der Waals surface area (Å²) in [6, 6.07) is 1.24. The van der Waals surface area contributed by atoms with Gasteiger partial charge < -0.3 is 10.6 Å². The lowest BCUT2D eigenvalue weighted by atomic mass is 10.1. The average molecular weight is 262 g/mol. The van der Waals surface area contributed by atoms with Crippen LogP contribution in [0.2, 0.25) is 0 Å². The molecule has 0 spiro atoms. The molecule has 0 aromatic carbocycles. The number of halogens is 1. The summed E-state index contributed by atoms with van der Waals surface area (Å²) in [5.74, 6) is 0.232. The molecule has 0 aromatic heterocycles. The van der Waals surface area contributed by atoms with Crippen molar-refractivity contribution in [2.24, 2.45) is 5.73 Å². The fourth-order valence-electron chi connectivity index (χ4n) is 2.94. The Morgan fingerprint density at radius 1 is 1.35 bits per heavy atom. The van der Waals surface area contributed by atoms with Crippen molar-refractivity contribution in [3.8, 4) is 0 Å². The highest BCUT2D eigenvalue weighted by molar-refractivity contribution is 5.85. The number of nitrogens with zero attached hydrogens (tertiary/aromatic N) is 2. The third kappa shape index (κ3) is 3.33. The molecular weight excluding hydrogens is 238 g/mol. The van der Waals surface area contributed by atoms with Gasteiger partial charge >= 0.3 is 0 Å². The second-order valence-corrected chi connectivity index (χ2v) is 5.36. The van der Waals surface area contributed by atoms with E-state index in [1.165, 1.54) is 12.8 Å². The Hall–Kier alpha value is -0.320. The standard InChI is InChI=1S/C12H23N3O.ClH/c1-9(13)7-12(16)15-6-5-10-3-4-11(8-15)14(10)2;/h9-11H,3-8,13H2,1-2H3;1H. The number of hydrogen-bond donors (Lipinski definition) is 1. The van der Waals surface area contributed by atoms with Gasteiger partial charge in [0.05, 0.1) is 0 Å². The minimum absolute atomic E-state index is 0. The van der Waals surface area contributed by atoms with E-state index >= 15 is 0 Å². The van der Waals surface area contributed by atoms with Crippen molar-refractivity contribution in [3.05, 3.63) is 0 Å². The molecule has 2 aliphatic rings. The molecule has 1 amide bonds. The van der Waals surface area contributed by atoms with E-state index in [2.05, 4.69) is 11.9 Å². The summed E-state index contributed by atoms with van der Waals surface area (Å²) in [7, 11) is 2.20. The van der Waals surface area contributed by atoms with E-state index in [1.54, 1.807) is 0 Å². The molecule has 2 bridgehead atoms. The number of hydrogen-bond acceptors (Lipinski definition) is 3. The first-order valence-electron chi connectivity index (χ1n) is 6.33. The van der Waals surface area contributed by atoms with Crippen LogP contribution >= 0.6 is 12.4 Å². The van der Waals surface area contributed by atoms with Crippen LogP contribution in [0.5, 0.6) is 0 Å². The van der Waals surface area contributed by atoms with Crippen molar-refractivity contribution < 1.29 is 4.79 Å². The molecule has 0 aliphatic carbocycles. The summed E-state index contributed by atoms with van der Waals surface area (Å²) in [5, 5.41) is 0. The molecular formula is C12H24ClN3O. The van der Waals surface area contributed by atoms with Crippen LogP contribution in [-0.4, -0.2) is 54.0 Å². The minimum Gasteiger partial charge on any atom is -0.341 e. The van der Waals surface area contributed by atoms with Crippen LogP contribution in [0.25, 0.3) is 0 Å². The van der Waals surface area contributed by atoms with Gasteiger partial charge in [-0.15, -0.1) is 12.4 Å². The van der Waals surface area contributed by atoms with E-state index in [1.807, 2.05) is 11.8 Å². The number of likely N-dealkylation sites (N-methyl/N-ethyl adjacent to an activating group) is 1. The van der Waals surface area contributed by atoms with Crippen molar-refractivity contribution >= 4 is 18.3 Å². The Labute approximate surface area is 110 Å². The van der Waals surface area contributed by atoms with Gasteiger partial charge in [0.25, 0.3) is 0 Å². The summed E-state index contributed by atoms with van der Waals surface area (Å²) in [6.45, 7) is 3.71. The average Bonchev–Trinajstić information content (AvgIpc) is 2.39. The number of nitrogens with two attached hydrogens (primary N) is 1. The molecule has 2 aliphatic heterocycles. The maximum absolute atomic E-state index is 12.0. The topological polar surface area (TPSA) is 49.6 Å². The van der Waals surface area contributed by atoms with Crippen molar-refractivity contribution in [1.82, 2.24) is 9.80 Å². The van der Waals surface area contributed by atoms with Crippen LogP contribution in [-0.2, 0) is 4.79 Å². The fraction of sp³-hybridized carbons (Fsp3) is 0.917. The zero-order chi connectivity index (χ0) is 11.7. The summed E-state index contributed by atoms with van der Waals surface area (Å²) in [6.07, 6.45) is 4.15. The number of carbonyl (C=O) groups is 1. The van der Waals surface area contributed by atoms with E-state index < -0.39 is 0 Å². The Balaban J connectivity index is 0.00000144. The van der Waals surface area contributed by atoms with Crippen LogP contribution in [0, 0.1) is 0 Å². The molecule has 3 unspecified atom stereocenters. The minimum atomic E-state index is -0.0225. The van der Waals surface area contributed by atoms with E-state index in [4.69, 9.17) is 5.73 Å². The van der Waals surface area contributed by atoms with Crippen LogP contribution in [0.1, 0.15) is 32.6 Å². The molecule has 2 heterocycles. The van der Waals surface area contributed by atoms with Gasteiger partial charge in [0.2, 0.25) is 5.91 Å². The maximum Gasteiger partial charge on any atom is 0.224 e. The van der Waals surface area contributed by atoms with Crippen molar-refractivity contribution in [3.63, 3.8) is 0 Å². The van der Waals surface area contributed by atoms with Gasteiger partial charge in [-0.05, 0) is 33.2 Å². The molecule has 2 fully saturated rings. The molecule has 2 saturated heterocycles. The van der Waals surface area contributed by atoms with E-state index in [0.717, 1.165) is 19.5 Å². The SMILES string of the molecule is CC(N)CC(=O)N1CCC2CCC(C1)N2C.Cl. The van der Waals surface area contributed by atoms with Gasteiger partial charge in [-0.2, -0.15) is 0 Å². The highest BCUT2D eigenvalue weighted by Gasteiger charge is 2.35. The predicted octanol–water partition coefficient (Wildman–Crippen LogP) is 0.841. The molecule has 0 aromatic rings. The first-order valence-corrected chi connectivity index (χ1v) is 6.33. The smallest absolute Gasteiger partial charge is 0.224 e. The summed E-state index contributed by atoms with van der Waals surface area (Å²) in [4.78, 5) is 16.4. The van der Waals surface area contributed by atoms with E-state index in [9.17, 15) is 4.79 Å². The fourth-order valence-corrected chi connectivity index (χ4v) is 2.94. The Morgan fingerprint density at radius 2 is 2.00 bits per heavy atom. The molecule has 0 radical (unpaired) electrons. The monoisotopic (exact) mass is 261 g/mol. The first kappa shape index (κ1) is 14.7. The quantitative estimate of drug-likeness (QED) is 0.802. The zero-order valence-corrected chi connectivity index (χ0v) is 11.6. The Kier molecular flexibility index (Phi) is 5.22. The number of fused-ring (bicyclic) bond motifs is 2. The number of likely N-dealkylation sites (tertiary alicyclic amines) is 1. The largest absolute Gasteiger partial charge is 0.341 e. The normalized spacial score (nSPS) is 30.6. The second kappa shape index (κ2) is 6.03. The molecule has 2 rings (SSSR count). The molecule has 2 N–H and O–H groups in total. The highest BCUT2D eigenvalue weighted by Crippen LogP contribution is 2.28. The van der Waals surface area contributed by atoms with E-state index in [0.29, 0.717) is 18.5 Å². The molecule has 4 nitrogen and oxygen atoms in total. The van der Waals surface area contributed by atoms with Gasteiger partial charge in [0, 0.05) is 37.6 Å². The molecule has 3 atom stereocenters. The third-order valence-electron chi connectivity index (χ3n) is 4.00. The van der Waals surface area contributed by atoms with Crippen LogP contribution in [0.15, 0.2) is 0 Å². The van der Waals surface area contributed by atoms with Crippen LogP contribution < -0.4 is 5.73 Å². The van der Waals surface area contributed by atoms with Gasteiger partial charge in [-0.3, -0.25) is 9.69 Å². The molecule has 5 heteroatoms. The maximum atomic E-state index is 12.0.